The molecule has 1 fully saturated rings. The Hall–Kier alpha value is -0.820. The molecule has 136 valence electrons. The van der Waals surface area contributed by atoms with Gasteiger partial charge in [-0.2, -0.15) is 0 Å². The van der Waals surface area contributed by atoms with Crippen LogP contribution in [0.25, 0.3) is 0 Å². The number of anilines is 1. The van der Waals surface area contributed by atoms with E-state index in [1.807, 2.05) is 0 Å². The van der Waals surface area contributed by atoms with Gasteiger partial charge in [-0.1, -0.05) is 25.4 Å². The van der Waals surface area contributed by atoms with Gasteiger partial charge in [0, 0.05) is 17.6 Å². The normalized spacial score (nSPS) is 16.5. The molecule has 1 aliphatic rings. The number of benzene rings is 1. The molecule has 0 spiro atoms. The van der Waals surface area contributed by atoms with Crippen LogP contribution in [0.15, 0.2) is 24.3 Å². The van der Waals surface area contributed by atoms with Crippen molar-refractivity contribution in [3.8, 4) is 0 Å². The third kappa shape index (κ3) is 5.09. The third-order valence-electron chi connectivity index (χ3n) is 4.58. The Morgan fingerprint density at radius 2 is 1.71 bits per heavy atom. The van der Waals surface area contributed by atoms with Crippen molar-refractivity contribution in [3.05, 3.63) is 29.3 Å². The zero-order chi connectivity index (χ0) is 17.6. The molecule has 1 aromatic rings. The van der Waals surface area contributed by atoms with E-state index in [9.17, 15) is 8.42 Å². The Labute approximate surface area is 151 Å². The van der Waals surface area contributed by atoms with Gasteiger partial charge in [0.25, 0.3) is 0 Å². The maximum Gasteiger partial charge on any atom is 0.236 e. The van der Waals surface area contributed by atoms with Crippen LogP contribution in [0, 0.1) is 0 Å². The second kappa shape index (κ2) is 9.04. The molecular formula is C17H28ClN3O2S. The van der Waals surface area contributed by atoms with E-state index in [0.29, 0.717) is 17.3 Å². The molecule has 5 nitrogen and oxygen atoms in total. The fourth-order valence-electron chi connectivity index (χ4n) is 3.11. The molecule has 0 aliphatic carbocycles. The van der Waals surface area contributed by atoms with E-state index >= 15 is 0 Å². The van der Waals surface area contributed by atoms with Crippen LogP contribution in [0.2, 0.25) is 5.02 Å². The lowest BCUT2D eigenvalue weighted by atomic mass is 10.1. The molecule has 0 aromatic heterocycles. The third-order valence-corrected chi connectivity index (χ3v) is 6.64. The van der Waals surface area contributed by atoms with Crippen molar-refractivity contribution in [2.45, 2.75) is 32.7 Å². The van der Waals surface area contributed by atoms with Crippen LogP contribution in [-0.4, -0.2) is 57.8 Å². The van der Waals surface area contributed by atoms with Gasteiger partial charge >= 0.3 is 0 Å². The molecule has 0 radical (unpaired) electrons. The molecular weight excluding hydrogens is 346 g/mol. The minimum Gasteiger partial charge on any atom is -0.317 e. The first-order valence-corrected chi connectivity index (χ1v) is 10.7. The Balaban J connectivity index is 2.24. The molecule has 1 aliphatic heterocycles. The van der Waals surface area contributed by atoms with Crippen LogP contribution in [0.1, 0.15) is 26.7 Å². The molecule has 0 bridgehead atoms. The summed E-state index contributed by atoms with van der Waals surface area (Å²) in [6.07, 6.45) is 1.65. The number of sulfonamides is 1. The zero-order valence-corrected chi connectivity index (χ0v) is 16.1. The summed E-state index contributed by atoms with van der Waals surface area (Å²) in [7, 11) is -3.38. The quantitative estimate of drug-likeness (QED) is 0.760. The number of hydrogen-bond donors (Lipinski definition) is 1. The van der Waals surface area contributed by atoms with Gasteiger partial charge in [0.1, 0.15) is 0 Å². The van der Waals surface area contributed by atoms with E-state index < -0.39 is 10.0 Å². The second-order valence-electron chi connectivity index (χ2n) is 6.10. The number of halogens is 1. The van der Waals surface area contributed by atoms with Crippen LogP contribution < -0.4 is 9.62 Å². The van der Waals surface area contributed by atoms with Crippen LogP contribution in [0.3, 0.4) is 0 Å². The summed E-state index contributed by atoms with van der Waals surface area (Å²) in [5.74, 6) is 0.140. The zero-order valence-electron chi connectivity index (χ0n) is 14.5. The monoisotopic (exact) mass is 373 g/mol. The van der Waals surface area contributed by atoms with Gasteiger partial charge in [0.2, 0.25) is 10.0 Å². The van der Waals surface area contributed by atoms with Crippen LogP contribution in [0.5, 0.6) is 0 Å². The van der Waals surface area contributed by atoms with E-state index in [4.69, 9.17) is 11.6 Å². The second-order valence-corrected chi connectivity index (χ2v) is 8.50. The molecule has 1 saturated heterocycles. The largest absolute Gasteiger partial charge is 0.317 e. The topological polar surface area (TPSA) is 52.7 Å². The summed E-state index contributed by atoms with van der Waals surface area (Å²) < 4.78 is 27.8. The highest BCUT2D eigenvalue weighted by molar-refractivity contribution is 7.92. The van der Waals surface area contributed by atoms with Gasteiger partial charge in [-0.05, 0) is 63.3 Å². The molecule has 0 saturated carbocycles. The van der Waals surface area contributed by atoms with Gasteiger partial charge in [0.15, 0.2) is 0 Å². The molecule has 7 heteroatoms. The molecule has 0 unspecified atom stereocenters. The predicted octanol–water partition coefficient (Wildman–Crippen LogP) is 2.57. The maximum absolute atomic E-state index is 13.1. The van der Waals surface area contributed by atoms with Crippen molar-refractivity contribution in [2.24, 2.45) is 0 Å². The first-order valence-electron chi connectivity index (χ1n) is 8.68. The molecule has 24 heavy (non-hydrogen) atoms. The van der Waals surface area contributed by atoms with Gasteiger partial charge in [-0.15, -0.1) is 0 Å². The van der Waals surface area contributed by atoms with E-state index in [2.05, 4.69) is 24.1 Å². The standard InChI is InChI=1S/C17H28ClN3O2S/c1-3-20(4-2)13-14-24(22,23)21(17-9-11-19-12-10-17)16-7-5-15(18)6-8-16/h5-8,17,19H,3-4,9-14H2,1-2H3. The minimum absolute atomic E-state index is 0.00845. The van der Waals surface area contributed by atoms with Gasteiger partial charge in [-0.3, -0.25) is 4.31 Å². The molecule has 2 rings (SSSR count). The predicted molar refractivity (Wildman–Crippen MR) is 101 cm³/mol. The molecule has 0 atom stereocenters. The van der Waals surface area contributed by atoms with Crippen LogP contribution >= 0.6 is 11.6 Å². The Morgan fingerprint density at radius 3 is 2.25 bits per heavy atom. The first-order chi connectivity index (χ1) is 11.5. The number of hydrogen-bond acceptors (Lipinski definition) is 4. The highest BCUT2D eigenvalue weighted by Gasteiger charge is 2.31. The lowest BCUT2D eigenvalue weighted by Crippen LogP contribution is -2.48. The summed E-state index contributed by atoms with van der Waals surface area (Å²) in [4.78, 5) is 2.14. The smallest absolute Gasteiger partial charge is 0.236 e. The van der Waals surface area contributed by atoms with Crippen molar-refractivity contribution >= 4 is 27.3 Å². The molecule has 1 heterocycles. The van der Waals surface area contributed by atoms with Gasteiger partial charge in [0.05, 0.1) is 11.4 Å². The van der Waals surface area contributed by atoms with E-state index in [-0.39, 0.29) is 11.8 Å². The molecule has 1 aromatic carbocycles. The number of nitrogens with zero attached hydrogens (tertiary/aromatic N) is 2. The molecule has 1 N–H and O–H groups in total. The van der Waals surface area contributed by atoms with Crippen LogP contribution in [-0.2, 0) is 10.0 Å². The van der Waals surface area contributed by atoms with Crippen molar-refractivity contribution in [1.29, 1.82) is 0 Å². The average molecular weight is 374 g/mol. The first kappa shape index (κ1) is 19.5. The number of rotatable bonds is 8. The van der Waals surface area contributed by atoms with Gasteiger partial charge < -0.3 is 10.2 Å². The highest BCUT2D eigenvalue weighted by Crippen LogP contribution is 2.27. The Bertz CT molecular complexity index is 597. The van der Waals surface area contributed by atoms with Crippen molar-refractivity contribution < 1.29 is 8.42 Å². The van der Waals surface area contributed by atoms with Crippen molar-refractivity contribution in [1.82, 2.24) is 10.2 Å². The summed E-state index contributed by atoms with van der Waals surface area (Å²) in [6.45, 7) is 8.09. The number of piperidine rings is 1. The van der Waals surface area contributed by atoms with Crippen molar-refractivity contribution in [2.75, 3.05) is 42.8 Å². The summed E-state index contributed by atoms with van der Waals surface area (Å²) in [5, 5.41) is 3.91. The summed E-state index contributed by atoms with van der Waals surface area (Å²) in [6, 6.07) is 7.13. The number of nitrogens with one attached hydrogen (secondary N) is 1. The Kier molecular flexibility index (Phi) is 7.34. The fourth-order valence-corrected chi connectivity index (χ4v) is 5.03. The maximum atomic E-state index is 13.1. The summed E-state index contributed by atoms with van der Waals surface area (Å²) >= 11 is 5.97. The lowest BCUT2D eigenvalue weighted by molar-refractivity contribution is 0.321. The molecule has 0 amide bonds. The highest BCUT2D eigenvalue weighted by atomic mass is 35.5. The van der Waals surface area contributed by atoms with Gasteiger partial charge in [-0.25, -0.2) is 8.42 Å². The SMILES string of the molecule is CCN(CC)CCS(=O)(=O)N(c1ccc(Cl)cc1)C1CCNCC1. The average Bonchev–Trinajstić information content (AvgIpc) is 2.58. The Morgan fingerprint density at radius 1 is 1.12 bits per heavy atom. The minimum atomic E-state index is -3.38. The van der Waals surface area contributed by atoms with Crippen LogP contribution in [0.4, 0.5) is 5.69 Å². The van der Waals surface area contributed by atoms with Crippen molar-refractivity contribution in [3.63, 3.8) is 0 Å². The lowest BCUT2D eigenvalue weighted by Gasteiger charge is -2.36. The van der Waals surface area contributed by atoms with E-state index in [1.54, 1.807) is 28.6 Å². The summed E-state index contributed by atoms with van der Waals surface area (Å²) in [5.41, 5.74) is 0.714. The van der Waals surface area contributed by atoms with E-state index in [1.165, 1.54) is 0 Å². The van der Waals surface area contributed by atoms with E-state index in [0.717, 1.165) is 39.0 Å². The fraction of sp³-hybridized carbons (Fsp3) is 0.647.